The van der Waals surface area contributed by atoms with Crippen LogP contribution in [0.1, 0.15) is 48.5 Å². The van der Waals surface area contributed by atoms with Gasteiger partial charge in [0.1, 0.15) is 0 Å². The molecule has 7 nitrogen and oxygen atoms in total. The van der Waals surface area contributed by atoms with Crippen LogP contribution >= 0.6 is 0 Å². The minimum atomic E-state index is -0.264. The monoisotopic (exact) mass is 474 g/mol. The Hall–Kier alpha value is -3.16. The van der Waals surface area contributed by atoms with E-state index in [-0.39, 0.29) is 17.8 Å². The minimum absolute atomic E-state index is 0.0818. The van der Waals surface area contributed by atoms with Crippen molar-refractivity contribution in [3.63, 3.8) is 0 Å². The Morgan fingerprint density at radius 2 is 1.80 bits per heavy atom. The lowest BCUT2D eigenvalue weighted by Gasteiger charge is -2.33. The lowest BCUT2D eigenvalue weighted by Crippen LogP contribution is -2.40. The third-order valence-corrected chi connectivity index (χ3v) is 7.31. The number of aromatic nitrogens is 1. The molecule has 1 aromatic heterocycles. The molecule has 5 rings (SSSR count). The van der Waals surface area contributed by atoms with E-state index in [4.69, 9.17) is 15.5 Å². The van der Waals surface area contributed by atoms with Crippen LogP contribution in [0.15, 0.2) is 53.5 Å². The molecule has 2 heterocycles. The van der Waals surface area contributed by atoms with Gasteiger partial charge in [0, 0.05) is 43.2 Å². The summed E-state index contributed by atoms with van der Waals surface area (Å²) in [5.41, 5.74) is 9.42. The van der Waals surface area contributed by atoms with Gasteiger partial charge in [0.15, 0.2) is 0 Å². The summed E-state index contributed by atoms with van der Waals surface area (Å²) in [7, 11) is 0. The smallest absolute Gasteiger partial charge is 0.230 e. The molecular formula is C28H34N4O3. The number of nitrogens with two attached hydrogens (primary N) is 1. The highest BCUT2D eigenvalue weighted by atomic mass is 16.5. The van der Waals surface area contributed by atoms with E-state index < -0.39 is 0 Å². The molecule has 2 fully saturated rings. The molecule has 1 saturated carbocycles. The highest BCUT2D eigenvalue weighted by molar-refractivity contribution is 6.22. The second kappa shape index (κ2) is 10.2. The fraction of sp³-hybridized carbons (Fsp3) is 0.429. The van der Waals surface area contributed by atoms with Gasteiger partial charge in [0.05, 0.1) is 36.0 Å². The van der Waals surface area contributed by atoms with Gasteiger partial charge in [-0.25, -0.2) is 0 Å². The summed E-state index contributed by atoms with van der Waals surface area (Å²) in [6.07, 6.45) is 4.32. The second-order valence-electron chi connectivity index (χ2n) is 9.76. The first kappa shape index (κ1) is 23.6. The number of hydrogen-bond donors (Lipinski definition) is 2. The van der Waals surface area contributed by atoms with Gasteiger partial charge in [0.2, 0.25) is 11.8 Å². The summed E-state index contributed by atoms with van der Waals surface area (Å²) in [4.78, 5) is 20.2. The molecule has 35 heavy (non-hydrogen) atoms. The van der Waals surface area contributed by atoms with Crippen molar-refractivity contribution < 1.29 is 14.6 Å². The molecule has 0 amide bonds. The third kappa shape index (κ3) is 4.97. The van der Waals surface area contributed by atoms with Crippen molar-refractivity contribution in [3.05, 3.63) is 59.7 Å². The third-order valence-electron chi connectivity index (χ3n) is 7.31. The maximum absolute atomic E-state index is 12.5. The molecule has 3 N–H and O–H groups in total. The van der Waals surface area contributed by atoms with Crippen LogP contribution < -0.4 is 5.73 Å². The number of rotatable bonds is 5. The minimum Gasteiger partial charge on any atom is -0.494 e. The van der Waals surface area contributed by atoms with Crippen molar-refractivity contribution in [3.8, 4) is 5.88 Å². The van der Waals surface area contributed by atoms with E-state index in [1.807, 2.05) is 36.4 Å². The van der Waals surface area contributed by atoms with Crippen LogP contribution in [-0.2, 0) is 4.74 Å². The lowest BCUT2D eigenvalue weighted by molar-refractivity contribution is 0.0274. The van der Waals surface area contributed by atoms with Gasteiger partial charge in [0.25, 0.3) is 0 Å². The molecule has 0 bridgehead atoms. The maximum atomic E-state index is 12.5. The number of aromatic hydroxyl groups is 1. The number of fused-ring (bicyclic) bond motifs is 1. The number of hydrogen-bond acceptors (Lipinski definition) is 6. The molecule has 184 valence electrons. The van der Waals surface area contributed by atoms with Crippen LogP contribution in [0.5, 0.6) is 5.88 Å². The zero-order chi connectivity index (χ0) is 24.4. The molecule has 2 aromatic carbocycles. The Balaban J connectivity index is 1.48. The van der Waals surface area contributed by atoms with Crippen molar-refractivity contribution in [2.75, 3.05) is 38.6 Å². The highest BCUT2D eigenvalue weighted by Gasteiger charge is 2.27. The first-order valence-electron chi connectivity index (χ1n) is 12.6. The molecule has 0 radical (unpaired) electrons. The summed E-state index contributed by atoms with van der Waals surface area (Å²) < 4.78 is 6.82. The van der Waals surface area contributed by atoms with E-state index in [1.54, 1.807) is 12.1 Å². The van der Waals surface area contributed by atoms with Gasteiger partial charge in [-0.05, 0) is 49.8 Å². The van der Waals surface area contributed by atoms with Crippen LogP contribution in [-0.4, -0.2) is 65.1 Å². The van der Waals surface area contributed by atoms with E-state index in [9.17, 15) is 9.90 Å². The second-order valence-corrected chi connectivity index (χ2v) is 9.76. The summed E-state index contributed by atoms with van der Waals surface area (Å²) in [5, 5.41) is 12.0. The number of benzene rings is 2. The molecule has 7 heteroatoms. The fourth-order valence-corrected chi connectivity index (χ4v) is 5.51. The quantitative estimate of drug-likeness (QED) is 0.424. The molecule has 0 spiro atoms. The number of aliphatic imine (C=N–C) groups is 1. The highest BCUT2D eigenvalue weighted by Crippen LogP contribution is 2.36. The predicted octanol–water partition coefficient (Wildman–Crippen LogP) is 4.32. The first-order valence-corrected chi connectivity index (χ1v) is 12.6. The van der Waals surface area contributed by atoms with Crippen molar-refractivity contribution in [2.45, 2.75) is 38.6 Å². The summed E-state index contributed by atoms with van der Waals surface area (Å²) in [6, 6.07) is 15.5. The van der Waals surface area contributed by atoms with E-state index in [2.05, 4.69) is 4.90 Å². The van der Waals surface area contributed by atoms with Gasteiger partial charge in [-0.3, -0.25) is 19.3 Å². The van der Waals surface area contributed by atoms with Gasteiger partial charge in [-0.2, -0.15) is 0 Å². The zero-order valence-electron chi connectivity index (χ0n) is 20.3. The molecule has 1 aliphatic heterocycles. The standard InChI is InChI=1S/C28H34N4O3/c1-19(33)32-25-17-22(29)9-12-24(25)26(28(32)34)27(21-5-3-2-4-6-21)30-23-10-7-20(8-11-23)18-31-13-15-35-16-14-31/h2-6,9,12,17,20,23,34H,7-8,10-11,13-16,18,29H2,1H3. The molecule has 2 aliphatic rings. The van der Waals surface area contributed by atoms with Crippen LogP contribution in [0, 0.1) is 5.92 Å². The normalized spacial score (nSPS) is 21.9. The Morgan fingerprint density at radius 3 is 2.49 bits per heavy atom. The average molecular weight is 475 g/mol. The molecular weight excluding hydrogens is 440 g/mol. The Kier molecular flexibility index (Phi) is 6.88. The predicted molar refractivity (Wildman–Crippen MR) is 139 cm³/mol. The first-order chi connectivity index (χ1) is 17.0. The van der Waals surface area contributed by atoms with Crippen molar-refractivity contribution in [1.82, 2.24) is 9.47 Å². The van der Waals surface area contributed by atoms with Gasteiger partial charge >= 0.3 is 0 Å². The molecule has 1 saturated heterocycles. The van der Waals surface area contributed by atoms with Gasteiger partial charge < -0.3 is 15.6 Å². The molecule has 3 aromatic rings. The topological polar surface area (TPSA) is 93.1 Å². The van der Waals surface area contributed by atoms with E-state index in [1.165, 1.54) is 11.5 Å². The van der Waals surface area contributed by atoms with Crippen molar-refractivity contribution in [1.29, 1.82) is 0 Å². The Morgan fingerprint density at radius 1 is 1.09 bits per heavy atom. The largest absolute Gasteiger partial charge is 0.494 e. The van der Waals surface area contributed by atoms with E-state index >= 15 is 0 Å². The fourth-order valence-electron chi connectivity index (χ4n) is 5.51. The number of carbonyl (C=O) groups is 1. The van der Waals surface area contributed by atoms with Crippen LogP contribution in [0.2, 0.25) is 0 Å². The van der Waals surface area contributed by atoms with Crippen LogP contribution in [0.4, 0.5) is 5.69 Å². The number of morpholine rings is 1. The molecule has 0 unspecified atom stereocenters. The number of ether oxygens (including phenoxy) is 1. The summed E-state index contributed by atoms with van der Waals surface area (Å²) in [6.45, 7) is 6.31. The van der Waals surface area contributed by atoms with E-state index in [0.717, 1.165) is 75.2 Å². The summed E-state index contributed by atoms with van der Waals surface area (Å²) in [5.74, 6) is 0.345. The number of anilines is 1. The number of carbonyl (C=O) groups excluding carboxylic acids is 1. The number of nitrogen functional groups attached to an aromatic ring is 1. The van der Waals surface area contributed by atoms with Crippen LogP contribution in [0.25, 0.3) is 10.9 Å². The summed E-state index contributed by atoms with van der Waals surface area (Å²) >= 11 is 0. The lowest BCUT2D eigenvalue weighted by atomic mass is 9.85. The number of nitrogens with zero attached hydrogens (tertiary/aromatic N) is 3. The average Bonchev–Trinajstić information content (AvgIpc) is 3.15. The SMILES string of the molecule is CC(=O)n1c(O)c(C(=NC2CCC(CN3CCOCC3)CC2)c2ccccc2)c2ccc(N)cc21. The maximum Gasteiger partial charge on any atom is 0.230 e. The van der Waals surface area contributed by atoms with Crippen LogP contribution in [0.3, 0.4) is 0 Å². The van der Waals surface area contributed by atoms with E-state index in [0.29, 0.717) is 22.7 Å². The van der Waals surface area contributed by atoms with Gasteiger partial charge in [-0.15, -0.1) is 0 Å². The van der Waals surface area contributed by atoms with Gasteiger partial charge in [-0.1, -0.05) is 30.3 Å². The Bertz CT molecular complexity index is 1220. The zero-order valence-corrected chi connectivity index (χ0v) is 20.3. The van der Waals surface area contributed by atoms with Crippen molar-refractivity contribution >= 4 is 28.2 Å². The Labute approximate surface area is 206 Å². The van der Waals surface area contributed by atoms with Crippen molar-refractivity contribution in [2.24, 2.45) is 10.9 Å². The molecule has 0 atom stereocenters. The molecule has 1 aliphatic carbocycles.